The molecule has 1 unspecified atom stereocenters. The van der Waals surface area contributed by atoms with Crippen LogP contribution in [0.1, 0.15) is 38.2 Å². The highest BCUT2D eigenvalue weighted by Gasteiger charge is 2.07. The van der Waals surface area contributed by atoms with Crippen LogP contribution in [0.2, 0.25) is 0 Å². The summed E-state index contributed by atoms with van der Waals surface area (Å²) in [7, 11) is -0.821. The van der Waals surface area contributed by atoms with E-state index < -0.39 is 10.8 Å². The second kappa shape index (κ2) is 9.27. The molecule has 0 aromatic heterocycles. The van der Waals surface area contributed by atoms with Crippen LogP contribution in [0.15, 0.2) is 24.3 Å². The number of nitriles is 1. The predicted octanol–water partition coefficient (Wildman–Crippen LogP) is 2.83. The van der Waals surface area contributed by atoms with Gasteiger partial charge in [0.05, 0.1) is 11.3 Å². The maximum absolute atomic E-state index is 11.8. The second-order valence-corrected chi connectivity index (χ2v) is 6.21. The monoisotopic (exact) mass is 292 g/mol. The lowest BCUT2D eigenvalue weighted by atomic mass is 10.2. The molecule has 1 aromatic carbocycles. The van der Waals surface area contributed by atoms with Crippen molar-refractivity contribution in [2.75, 3.05) is 16.8 Å². The van der Waals surface area contributed by atoms with Gasteiger partial charge in [0.25, 0.3) is 0 Å². The Balaban J connectivity index is 2.34. The molecule has 0 spiro atoms. The molecule has 0 saturated carbocycles. The Bertz CT molecular complexity index is 509. The molecule has 4 nitrogen and oxygen atoms in total. The van der Waals surface area contributed by atoms with Gasteiger partial charge in [-0.05, 0) is 25.0 Å². The second-order valence-electron chi connectivity index (χ2n) is 4.51. The van der Waals surface area contributed by atoms with Crippen LogP contribution in [0.3, 0.4) is 0 Å². The maximum atomic E-state index is 11.8. The number of hydrogen-bond acceptors (Lipinski definition) is 3. The molecule has 0 radical (unpaired) electrons. The molecule has 1 atom stereocenters. The SMILES string of the molecule is CCCCS(=O)CCCC(=O)Nc1ccccc1C#N. The number of carbonyl (C=O) groups excluding carboxylic acids is 1. The smallest absolute Gasteiger partial charge is 0.224 e. The molecule has 108 valence electrons. The summed E-state index contributed by atoms with van der Waals surface area (Å²) >= 11 is 0. The van der Waals surface area contributed by atoms with Crippen LogP contribution in [0.25, 0.3) is 0 Å². The molecule has 0 fully saturated rings. The predicted molar refractivity (Wildman–Crippen MR) is 81.8 cm³/mol. The Morgan fingerprint density at radius 3 is 2.70 bits per heavy atom. The Morgan fingerprint density at radius 1 is 1.30 bits per heavy atom. The summed E-state index contributed by atoms with van der Waals surface area (Å²) < 4.78 is 11.6. The number of amides is 1. The first-order chi connectivity index (χ1) is 9.67. The topological polar surface area (TPSA) is 70.0 Å². The molecule has 1 N–H and O–H groups in total. The number of carbonyl (C=O) groups is 1. The van der Waals surface area contributed by atoms with Gasteiger partial charge in [-0.15, -0.1) is 0 Å². The number of unbranched alkanes of at least 4 members (excludes halogenated alkanes) is 1. The summed E-state index contributed by atoms with van der Waals surface area (Å²) in [5.41, 5.74) is 0.986. The van der Waals surface area contributed by atoms with Crippen LogP contribution >= 0.6 is 0 Å². The molecular formula is C15H20N2O2S. The van der Waals surface area contributed by atoms with Crippen LogP contribution < -0.4 is 5.32 Å². The Hall–Kier alpha value is -1.67. The van der Waals surface area contributed by atoms with Gasteiger partial charge in [-0.2, -0.15) is 5.26 Å². The van der Waals surface area contributed by atoms with E-state index in [2.05, 4.69) is 12.2 Å². The zero-order valence-corrected chi connectivity index (χ0v) is 12.5. The molecule has 20 heavy (non-hydrogen) atoms. The summed E-state index contributed by atoms with van der Waals surface area (Å²) in [4.78, 5) is 11.8. The fourth-order valence-electron chi connectivity index (χ4n) is 1.70. The van der Waals surface area contributed by atoms with Gasteiger partial charge in [-0.1, -0.05) is 25.5 Å². The van der Waals surface area contributed by atoms with Gasteiger partial charge in [-0.3, -0.25) is 9.00 Å². The molecule has 1 aromatic rings. The molecule has 1 rings (SSSR count). The summed E-state index contributed by atoms with van der Waals surface area (Å²) in [5.74, 6) is 1.14. The number of hydrogen-bond donors (Lipinski definition) is 1. The number of para-hydroxylation sites is 1. The van der Waals surface area contributed by atoms with Crippen LogP contribution in [0.4, 0.5) is 5.69 Å². The van der Waals surface area contributed by atoms with Crippen molar-refractivity contribution >= 4 is 22.4 Å². The molecule has 5 heteroatoms. The molecule has 0 aliphatic heterocycles. The van der Waals surface area contributed by atoms with Crippen LogP contribution in [-0.4, -0.2) is 21.6 Å². The molecular weight excluding hydrogens is 272 g/mol. The van der Waals surface area contributed by atoms with E-state index in [-0.39, 0.29) is 5.91 Å². The first-order valence-corrected chi connectivity index (χ1v) is 8.30. The lowest BCUT2D eigenvalue weighted by Crippen LogP contribution is -2.14. The van der Waals surface area contributed by atoms with Crippen molar-refractivity contribution in [2.45, 2.75) is 32.6 Å². The van der Waals surface area contributed by atoms with Crippen LogP contribution in [-0.2, 0) is 15.6 Å². The summed E-state index contributed by atoms with van der Waals surface area (Å²) in [5, 5.41) is 11.6. The van der Waals surface area contributed by atoms with E-state index in [4.69, 9.17) is 5.26 Å². The summed E-state index contributed by atoms with van der Waals surface area (Å²) in [6.07, 6.45) is 2.94. The zero-order valence-electron chi connectivity index (χ0n) is 11.7. The van der Waals surface area contributed by atoms with E-state index in [1.54, 1.807) is 24.3 Å². The van der Waals surface area contributed by atoms with E-state index in [1.165, 1.54) is 0 Å². The minimum absolute atomic E-state index is 0.139. The molecule has 0 aliphatic rings. The van der Waals surface area contributed by atoms with Crippen molar-refractivity contribution < 1.29 is 9.00 Å². The van der Waals surface area contributed by atoms with E-state index in [0.717, 1.165) is 18.6 Å². The Kier molecular flexibility index (Phi) is 7.59. The third-order valence-electron chi connectivity index (χ3n) is 2.82. The zero-order chi connectivity index (χ0) is 14.8. The highest BCUT2D eigenvalue weighted by atomic mass is 32.2. The first-order valence-electron chi connectivity index (χ1n) is 6.81. The van der Waals surface area contributed by atoms with Crippen LogP contribution in [0, 0.1) is 11.3 Å². The van der Waals surface area contributed by atoms with Gasteiger partial charge in [0.15, 0.2) is 0 Å². The van der Waals surface area contributed by atoms with Crippen molar-refractivity contribution in [3.05, 3.63) is 29.8 Å². The van der Waals surface area contributed by atoms with Crippen molar-refractivity contribution in [3.63, 3.8) is 0 Å². The van der Waals surface area contributed by atoms with Gasteiger partial charge in [0.1, 0.15) is 6.07 Å². The van der Waals surface area contributed by atoms with E-state index >= 15 is 0 Å². The van der Waals surface area contributed by atoms with Gasteiger partial charge in [0, 0.05) is 28.7 Å². The van der Waals surface area contributed by atoms with Crippen molar-refractivity contribution in [1.82, 2.24) is 0 Å². The van der Waals surface area contributed by atoms with E-state index in [0.29, 0.717) is 29.8 Å². The maximum Gasteiger partial charge on any atom is 0.224 e. The van der Waals surface area contributed by atoms with Gasteiger partial charge >= 0.3 is 0 Å². The fraction of sp³-hybridized carbons (Fsp3) is 0.467. The quantitative estimate of drug-likeness (QED) is 0.801. The molecule has 0 aliphatic carbocycles. The molecule has 1 amide bonds. The highest BCUT2D eigenvalue weighted by Crippen LogP contribution is 2.14. The Morgan fingerprint density at radius 2 is 2.00 bits per heavy atom. The third kappa shape index (κ3) is 5.98. The number of anilines is 1. The Labute approximate surface area is 122 Å². The van der Waals surface area contributed by atoms with Gasteiger partial charge in [0.2, 0.25) is 5.91 Å². The lowest BCUT2D eigenvalue weighted by molar-refractivity contribution is -0.116. The van der Waals surface area contributed by atoms with E-state index in [1.807, 2.05) is 6.07 Å². The summed E-state index contributed by atoms with van der Waals surface area (Å²) in [6.45, 7) is 2.07. The average Bonchev–Trinajstić information content (AvgIpc) is 2.45. The number of rotatable bonds is 8. The third-order valence-corrected chi connectivity index (χ3v) is 4.31. The standard InChI is InChI=1S/C15H20N2O2S/c1-2-3-10-20(19)11-6-9-15(18)17-14-8-5-4-7-13(14)12-16/h4-5,7-8H,2-3,6,9-11H2,1H3,(H,17,18). The minimum atomic E-state index is -0.821. The van der Waals surface area contributed by atoms with Crippen molar-refractivity contribution in [1.29, 1.82) is 5.26 Å². The number of nitrogens with one attached hydrogen (secondary N) is 1. The molecule has 0 saturated heterocycles. The number of benzene rings is 1. The first kappa shape index (κ1) is 16.4. The lowest BCUT2D eigenvalue weighted by Gasteiger charge is -2.06. The summed E-state index contributed by atoms with van der Waals surface area (Å²) in [6, 6.07) is 8.93. The van der Waals surface area contributed by atoms with Crippen molar-refractivity contribution in [3.8, 4) is 6.07 Å². The highest BCUT2D eigenvalue weighted by molar-refractivity contribution is 7.84. The molecule has 0 heterocycles. The molecule has 0 bridgehead atoms. The van der Waals surface area contributed by atoms with Crippen LogP contribution in [0.5, 0.6) is 0 Å². The fourth-order valence-corrected chi connectivity index (χ4v) is 2.98. The normalized spacial score (nSPS) is 11.6. The number of nitrogens with zero attached hydrogens (tertiary/aromatic N) is 1. The largest absolute Gasteiger partial charge is 0.325 e. The van der Waals surface area contributed by atoms with Crippen molar-refractivity contribution in [2.24, 2.45) is 0 Å². The van der Waals surface area contributed by atoms with E-state index in [9.17, 15) is 9.00 Å². The average molecular weight is 292 g/mol. The minimum Gasteiger partial charge on any atom is -0.325 e. The van der Waals surface area contributed by atoms with Gasteiger partial charge in [-0.25, -0.2) is 0 Å². The van der Waals surface area contributed by atoms with Gasteiger partial charge < -0.3 is 5.32 Å².